The molecule has 0 radical (unpaired) electrons. The van der Waals surface area contributed by atoms with E-state index in [0.717, 1.165) is 0 Å². The standard InChI is InChI=1S/C8H14N2O2/c1-3-4-7(2)8(10-12)5-6-9-11/h3-4,7-8H,5-6H2,1-2H3/b4-3+/t7-,8-/m0/s1. The van der Waals surface area contributed by atoms with Crippen molar-refractivity contribution in [2.75, 3.05) is 6.54 Å². The van der Waals surface area contributed by atoms with E-state index < -0.39 is 0 Å². The van der Waals surface area contributed by atoms with Crippen LogP contribution in [0, 0.1) is 15.7 Å². The van der Waals surface area contributed by atoms with Crippen molar-refractivity contribution in [1.29, 1.82) is 0 Å². The average Bonchev–Trinajstić information content (AvgIpc) is 2.06. The quantitative estimate of drug-likeness (QED) is 0.454. The Hall–Kier alpha value is -1.06. The van der Waals surface area contributed by atoms with Gasteiger partial charge in [0.2, 0.25) is 0 Å². The lowest BCUT2D eigenvalue weighted by Gasteiger charge is -2.10. The summed E-state index contributed by atoms with van der Waals surface area (Å²) in [5, 5.41) is 5.64. The van der Waals surface area contributed by atoms with E-state index in [1.54, 1.807) is 0 Å². The molecule has 0 saturated heterocycles. The Bertz CT molecular complexity index is 168. The maximum atomic E-state index is 10.3. The van der Waals surface area contributed by atoms with Crippen LogP contribution in [0.1, 0.15) is 20.3 Å². The fourth-order valence-electron chi connectivity index (χ4n) is 1.03. The first-order chi connectivity index (χ1) is 5.76. The molecule has 0 bridgehead atoms. The Kier molecular flexibility index (Phi) is 6.05. The van der Waals surface area contributed by atoms with E-state index in [9.17, 15) is 9.81 Å². The fraction of sp³-hybridized carbons (Fsp3) is 0.750. The second-order valence-corrected chi connectivity index (χ2v) is 2.70. The molecule has 4 heteroatoms. The zero-order chi connectivity index (χ0) is 9.40. The van der Waals surface area contributed by atoms with Crippen LogP contribution in [0.3, 0.4) is 0 Å². The van der Waals surface area contributed by atoms with E-state index in [1.165, 1.54) is 0 Å². The molecule has 0 aromatic rings. The van der Waals surface area contributed by atoms with Crippen LogP contribution in [0.4, 0.5) is 0 Å². The molecule has 0 unspecified atom stereocenters. The second-order valence-electron chi connectivity index (χ2n) is 2.70. The van der Waals surface area contributed by atoms with Crippen molar-refractivity contribution in [3.05, 3.63) is 22.0 Å². The van der Waals surface area contributed by atoms with Gasteiger partial charge in [0.15, 0.2) is 0 Å². The number of hydrogen-bond acceptors (Lipinski definition) is 4. The first-order valence-corrected chi connectivity index (χ1v) is 4.00. The predicted molar refractivity (Wildman–Crippen MR) is 48.8 cm³/mol. The summed E-state index contributed by atoms with van der Waals surface area (Å²) in [5.41, 5.74) is 0. The number of nitrogens with zero attached hydrogens (tertiary/aromatic N) is 2. The zero-order valence-electron chi connectivity index (χ0n) is 7.43. The van der Waals surface area contributed by atoms with Gasteiger partial charge in [0, 0.05) is 0 Å². The molecular weight excluding hydrogens is 156 g/mol. The van der Waals surface area contributed by atoms with E-state index in [-0.39, 0.29) is 18.5 Å². The summed E-state index contributed by atoms with van der Waals surface area (Å²) in [6.07, 6.45) is 4.21. The van der Waals surface area contributed by atoms with Crippen LogP contribution in [0.2, 0.25) is 0 Å². The third-order valence-electron chi connectivity index (χ3n) is 1.75. The maximum absolute atomic E-state index is 10.3. The Morgan fingerprint density at radius 1 is 1.42 bits per heavy atom. The molecule has 12 heavy (non-hydrogen) atoms. The molecule has 0 heterocycles. The van der Waals surface area contributed by atoms with Gasteiger partial charge < -0.3 is 0 Å². The summed E-state index contributed by atoms with van der Waals surface area (Å²) in [7, 11) is 0. The van der Waals surface area contributed by atoms with E-state index in [0.29, 0.717) is 6.42 Å². The minimum atomic E-state index is -0.320. The largest absolute Gasteiger partial charge is 0.151 e. The summed E-state index contributed by atoms with van der Waals surface area (Å²) in [6, 6.07) is -0.320. The van der Waals surface area contributed by atoms with Crippen molar-refractivity contribution >= 4 is 0 Å². The number of allylic oxidation sites excluding steroid dienone is 1. The highest BCUT2D eigenvalue weighted by atomic mass is 16.3. The highest BCUT2D eigenvalue weighted by Gasteiger charge is 2.14. The maximum Gasteiger partial charge on any atom is 0.0998 e. The van der Waals surface area contributed by atoms with Crippen LogP contribution < -0.4 is 0 Å². The first kappa shape index (κ1) is 10.9. The fourth-order valence-corrected chi connectivity index (χ4v) is 1.03. The number of hydrogen-bond donors (Lipinski definition) is 0. The smallest absolute Gasteiger partial charge is 0.0998 e. The second kappa shape index (κ2) is 6.64. The Labute approximate surface area is 72.0 Å². The molecule has 0 aromatic heterocycles. The Morgan fingerprint density at radius 2 is 2.08 bits per heavy atom. The molecule has 4 nitrogen and oxygen atoms in total. The van der Waals surface area contributed by atoms with E-state index in [1.807, 2.05) is 26.0 Å². The van der Waals surface area contributed by atoms with Crippen molar-refractivity contribution in [1.82, 2.24) is 0 Å². The SMILES string of the molecule is C/C=C/[C@H](C)[C@H](CCN=O)N=O. The number of nitroso groups, excluding NO2 is 2. The molecule has 0 N–H and O–H groups in total. The van der Waals surface area contributed by atoms with Crippen molar-refractivity contribution in [3.8, 4) is 0 Å². The van der Waals surface area contributed by atoms with Gasteiger partial charge in [0.25, 0.3) is 0 Å². The highest BCUT2D eigenvalue weighted by Crippen LogP contribution is 2.12. The van der Waals surface area contributed by atoms with Crippen LogP contribution in [0.5, 0.6) is 0 Å². The minimum Gasteiger partial charge on any atom is -0.151 e. The zero-order valence-corrected chi connectivity index (χ0v) is 7.43. The molecule has 0 aliphatic carbocycles. The molecule has 2 atom stereocenters. The van der Waals surface area contributed by atoms with Crippen LogP contribution in [-0.4, -0.2) is 12.6 Å². The summed E-state index contributed by atoms with van der Waals surface area (Å²) < 4.78 is 0. The molecule has 0 saturated carbocycles. The third-order valence-corrected chi connectivity index (χ3v) is 1.75. The summed E-state index contributed by atoms with van der Waals surface area (Å²) in [6.45, 7) is 3.95. The van der Waals surface area contributed by atoms with Crippen LogP contribution in [0.15, 0.2) is 22.5 Å². The number of rotatable bonds is 6. The monoisotopic (exact) mass is 170 g/mol. The summed E-state index contributed by atoms with van der Waals surface area (Å²) in [4.78, 5) is 20.1. The highest BCUT2D eigenvalue weighted by molar-refractivity contribution is 4.90. The van der Waals surface area contributed by atoms with Gasteiger partial charge in [0.1, 0.15) is 0 Å². The normalized spacial score (nSPS) is 15.8. The molecule has 0 aromatic carbocycles. The molecular formula is C8H14N2O2. The van der Waals surface area contributed by atoms with Crippen LogP contribution in [0.25, 0.3) is 0 Å². The van der Waals surface area contributed by atoms with Crippen LogP contribution >= 0.6 is 0 Å². The predicted octanol–water partition coefficient (Wildman–Crippen LogP) is 2.49. The topological polar surface area (TPSA) is 58.9 Å². The van der Waals surface area contributed by atoms with Gasteiger partial charge in [0.05, 0.1) is 12.6 Å². The lowest BCUT2D eigenvalue weighted by atomic mass is 9.99. The molecule has 0 fully saturated rings. The average molecular weight is 170 g/mol. The van der Waals surface area contributed by atoms with Gasteiger partial charge in [-0.15, -0.1) is 0 Å². The van der Waals surface area contributed by atoms with Gasteiger partial charge in [-0.25, -0.2) is 0 Å². The molecule has 0 aliphatic heterocycles. The molecule has 68 valence electrons. The van der Waals surface area contributed by atoms with Crippen molar-refractivity contribution < 1.29 is 0 Å². The van der Waals surface area contributed by atoms with Crippen molar-refractivity contribution in [2.45, 2.75) is 26.3 Å². The van der Waals surface area contributed by atoms with Gasteiger partial charge in [-0.3, -0.25) is 0 Å². The minimum absolute atomic E-state index is 0.0919. The molecule has 0 aliphatic rings. The Morgan fingerprint density at radius 3 is 2.50 bits per heavy atom. The van der Waals surface area contributed by atoms with Crippen LogP contribution in [-0.2, 0) is 0 Å². The molecule has 0 amide bonds. The van der Waals surface area contributed by atoms with E-state index >= 15 is 0 Å². The first-order valence-electron chi connectivity index (χ1n) is 4.00. The van der Waals surface area contributed by atoms with E-state index in [2.05, 4.69) is 10.4 Å². The lowest BCUT2D eigenvalue weighted by molar-refractivity contribution is 0.508. The van der Waals surface area contributed by atoms with Crippen molar-refractivity contribution in [2.24, 2.45) is 16.3 Å². The van der Waals surface area contributed by atoms with Gasteiger partial charge in [-0.1, -0.05) is 29.4 Å². The molecule has 0 spiro atoms. The third kappa shape index (κ3) is 3.95. The van der Waals surface area contributed by atoms with Crippen molar-refractivity contribution in [3.63, 3.8) is 0 Å². The lowest BCUT2D eigenvalue weighted by Crippen LogP contribution is -2.14. The van der Waals surface area contributed by atoms with Gasteiger partial charge in [-0.2, -0.15) is 9.81 Å². The van der Waals surface area contributed by atoms with E-state index in [4.69, 9.17) is 0 Å². The summed E-state index contributed by atoms with van der Waals surface area (Å²) >= 11 is 0. The Balaban J connectivity index is 3.94. The van der Waals surface area contributed by atoms with Gasteiger partial charge in [-0.05, 0) is 19.3 Å². The van der Waals surface area contributed by atoms with Gasteiger partial charge >= 0.3 is 0 Å². The molecule has 0 rings (SSSR count). The summed E-state index contributed by atoms with van der Waals surface area (Å²) in [5.74, 6) is 0.0919.